The first-order valence-corrected chi connectivity index (χ1v) is 5.93. The first-order valence-electron chi connectivity index (χ1n) is 5.93. The molecule has 1 fully saturated rings. The van der Waals surface area contributed by atoms with Crippen molar-refractivity contribution in [3.63, 3.8) is 0 Å². The van der Waals surface area contributed by atoms with E-state index in [0.717, 1.165) is 6.42 Å². The minimum Gasteiger partial charge on any atom is -0.335 e. The van der Waals surface area contributed by atoms with Gasteiger partial charge in [0.2, 0.25) is 5.91 Å². The average Bonchev–Trinajstić information content (AvgIpc) is 2.06. The number of carbonyl (C=O) groups is 2. The lowest BCUT2D eigenvalue weighted by molar-refractivity contribution is -0.143. The summed E-state index contributed by atoms with van der Waals surface area (Å²) in [6, 6.07) is 0. The first kappa shape index (κ1) is 13.2. The number of piperidine rings is 1. The van der Waals surface area contributed by atoms with Gasteiger partial charge in [0.25, 0.3) is 0 Å². The van der Waals surface area contributed by atoms with Gasteiger partial charge in [0.15, 0.2) is 5.78 Å². The van der Waals surface area contributed by atoms with E-state index in [1.165, 1.54) is 0 Å². The zero-order chi connectivity index (χ0) is 12.6. The van der Waals surface area contributed by atoms with Crippen LogP contribution in [-0.2, 0) is 9.59 Å². The number of amides is 1. The van der Waals surface area contributed by atoms with Crippen molar-refractivity contribution < 1.29 is 9.59 Å². The van der Waals surface area contributed by atoms with Crippen LogP contribution in [0.2, 0.25) is 0 Å². The second-order valence-corrected chi connectivity index (χ2v) is 6.61. The average molecular weight is 225 g/mol. The molecule has 1 rings (SSSR count). The summed E-state index contributed by atoms with van der Waals surface area (Å²) in [6.45, 7) is 11.1. The van der Waals surface area contributed by atoms with E-state index >= 15 is 0 Å². The Labute approximate surface area is 98.2 Å². The van der Waals surface area contributed by atoms with Gasteiger partial charge in [-0.1, -0.05) is 34.6 Å². The molecule has 0 aliphatic carbocycles. The Morgan fingerprint density at radius 1 is 1.38 bits per heavy atom. The van der Waals surface area contributed by atoms with Crippen LogP contribution in [-0.4, -0.2) is 29.7 Å². The van der Waals surface area contributed by atoms with Gasteiger partial charge in [-0.2, -0.15) is 0 Å². The molecule has 0 radical (unpaired) electrons. The summed E-state index contributed by atoms with van der Waals surface area (Å²) in [6.07, 6.45) is 1.29. The zero-order valence-electron chi connectivity index (χ0n) is 11.1. The number of hydrogen-bond acceptors (Lipinski definition) is 2. The van der Waals surface area contributed by atoms with Gasteiger partial charge in [0.05, 0.1) is 6.54 Å². The van der Waals surface area contributed by atoms with Crippen LogP contribution in [0.3, 0.4) is 0 Å². The molecular formula is C13H23NO2. The summed E-state index contributed by atoms with van der Waals surface area (Å²) in [7, 11) is 0. The van der Waals surface area contributed by atoms with Crippen LogP contribution in [0.15, 0.2) is 0 Å². The molecular weight excluding hydrogens is 202 g/mol. The number of likely N-dealkylation sites (tertiary alicyclic amines) is 1. The Balaban J connectivity index is 2.59. The number of carbonyl (C=O) groups excluding carboxylic acids is 2. The largest absolute Gasteiger partial charge is 0.335 e. The zero-order valence-corrected chi connectivity index (χ0v) is 11.1. The van der Waals surface area contributed by atoms with E-state index in [-0.39, 0.29) is 22.5 Å². The van der Waals surface area contributed by atoms with Gasteiger partial charge in [-0.3, -0.25) is 9.59 Å². The predicted molar refractivity (Wildman–Crippen MR) is 64.1 cm³/mol. The van der Waals surface area contributed by atoms with Crippen LogP contribution in [0, 0.1) is 10.8 Å². The Kier molecular flexibility index (Phi) is 3.46. The molecule has 0 aromatic carbocycles. The van der Waals surface area contributed by atoms with E-state index in [4.69, 9.17) is 0 Å². The molecule has 3 heteroatoms. The number of Topliss-reactive ketones (excluding diaryl/α,β-unsaturated/α-hetero) is 1. The lowest BCUT2D eigenvalue weighted by Gasteiger charge is -2.36. The van der Waals surface area contributed by atoms with Crippen molar-refractivity contribution in [2.75, 3.05) is 13.1 Å². The van der Waals surface area contributed by atoms with Crippen molar-refractivity contribution in [1.29, 1.82) is 0 Å². The quantitative estimate of drug-likeness (QED) is 0.686. The van der Waals surface area contributed by atoms with Gasteiger partial charge in [0.1, 0.15) is 0 Å². The van der Waals surface area contributed by atoms with Crippen molar-refractivity contribution in [2.45, 2.75) is 47.5 Å². The molecule has 0 aromatic rings. The summed E-state index contributed by atoms with van der Waals surface area (Å²) in [5.74, 6) is 0.289. The molecule has 92 valence electrons. The van der Waals surface area contributed by atoms with Gasteiger partial charge >= 0.3 is 0 Å². The number of rotatable bonds is 1. The van der Waals surface area contributed by atoms with Crippen LogP contribution in [0.4, 0.5) is 0 Å². The van der Waals surface area contributed by atoms with Crippen molar-refractivity contribution in [2.24, 2.45) is 10.8 Å². The van der Waals surface area contributed by atoms with E-state index < -0.39 is 0 Å². The smallest absolute Gasteiger partial charge is 0.223 e. The van der Waals surface area contributed by atoms with Gasteiger partial charge in [0, 0.05) is 18.4 Å². The third-order valence-corrected chi connectivity index (χ3v) is 3.13. The van der Waals surface area contributed by atoms with Gasteiger partial charge < -0.3 is 4.90 Å². The molecule has 0 bridgehead atoms. The molecule has 0 saturated carbocycles. The Morgan fingerprint density at radius 2 is 1.94 bits per heavy atom. The molecule has 0 aromatic heterocycles. The fraction of sp³-hybridized carbons (Fsp3) is 0.846. The second-order valence-electron chi connectivity index (χ2n) is 6.61. The summed E-state index contributed by atoms with van der Waals surface area (Å²) in [5.41, 5.74) is -0.258. The van der Waals surface area contributed by atoms with E-state index in [9.17, 15) is 9.59 Å². The van der Waals surface area contributed by atoms with Crippen LogP contribution in [0.5, 0.6) is 0 Å². The molecule has 0 N–H and O–H groups in total. The summed E-state index contributed by atoms with van der Waals surface area (Å²) >= 11 is 0. The molecule has 1 aliphatic heterocycles. The van der Waals surface area contributed by atoms with Crippen molar-refractivity contribution in [1.82, 2.24) is 4.90 Å². The van der Waals surface area contributed by atoms with Crippen LogP contribution >= 0.6 is 0 Å². The topological polar surface area (TPSA) is 37.4 Å². The lowest BCUT2D eigenvalue weighted by atomic mass is 9.81. The van der Waals surface area contributed by atoms with Gasteiger partial charge in [-0.25, -0.2) is 0 Å². The highest BCUT2D eigenvalue weighted by Crippen LogP contribution is 2.28. The number of nitrogens with zero attached hydrogens (tertiary/aromatic N) is 1. The number of hydrogen-bond donors (Lipinski definition) is 0. The highest BCUT2D eigenvalue weighted by atomic mass is 16.2. The second kappa shape index (κ2) is 4.19. The monoisotopic (exact) mass is 225 g/mol. The predicted octanol–water partition coefficient (Wildman–Crippen LogP) is 2.25. The SMILES string of the molecule is CC(C)(C)CC(=O)N1CCC(C)(C)C(=O)C1. The summed E-state index contributed by atoms with van der Waals surface area (Å²) < 4.78 is 0. The Hall–Kier alpha value is -0.860. The van der Waals surface area contributed by atoms with Gasteiger partial charge in [-0.05, 0) is 11.8 Å². The third-order valence-electron chi connectivity index (χ3n) is 3.13. The molecule has 0 spiro atoms. The standard InChI is InChI=1S/C13H23NO2/c1-12(2,3)8-11(16)14-7-6-13(4,5)10(15)9-14/h6-9H2,1-5H3. The van der Waals surface area contributed by atoms with E-state index in [0.29, 0.717) is 19.5 Å². The molecule has 1 amide bonds. The molecule has 0 atom stereocenters. The fourth-order valence-electron chi connectivity index (χ4n) is 1.80. The molecule has 1 aliphatic rings. The van der Waals surface area contributed by atoms with E-state index in [1.807, 2.05) is 34.6 Å². The molecule has 3 nitrogen and oxygen atoms in total. The molecule has 16 heavy (non-hydrogen) atoms. The maximum atomic E-state index is 11.9. The summed E-state index contributed by atoms with van der Waals surface area (Å²) in [5, 5.41) is 0. The minimum atomic E-state index is -0.251. The van der Waals surface area contributed by atoms with E-state index in [1.54, 1.807) is 4.90 Å². The van der Waals surface area contributed by atoms with Crippen LogP contribution in [0.25, 0.3) is 0 Å². The normalized spacial score (nSPS) is 21.1. The van der Waals surface area contributed by atoms with Gasteiger partial charge in [-0.15, -0.1) is 0 Å². The summed E-state index contributed by atoms with van der Waals surface area (Å²) in [4.78, 5) is 25.5. The van der Waals surface area contributed by atoms with Crippen molar-refractivity contribution >= 4 is 11.7 Å². The molecule has 1 saturated heterocycles. The highest BCUT2D eigenvalue weighted by molar-refractivity contribution is 5.91. The van der Waals surface area contributed by atoms with Crippen LogP contribution in [0.1, 0.15) is 47.5 Å². The lowest BCUT2D eigenvalue weighted by Crippen LogP contribution is -2.48. The maximum Gasteiger partial charge on any atom is 0.223 e. The van der Waals surface area contributed by atoms with Crippen LogP contribution < -0.4 is 0 Å². The highest BCUT2D eigenvalue weighted by Gasteiger charge is 2.35. The molecule has 1 heterocycles. The van der Waals surface area contributed by atoms with Crippen molar-refractivity contribution in [3.05, 3.63) is 0 Å². The minimum absolute atomic E-state index is 0.00685. The number of ketones is 1. The van der Waals surface area contributed by atoms with E-state index in [2.05, 4.69) is 0 Å². The molecule has 0 unspecified atom stereocenters. The third kappa shape index (κ3) is 3.32. The first-order chi connectivity index (χ1) is 7.12. The van der Waals surface area contributed by atoms with Crippen molar-refractivity contribution in [3.8, 4) is 0 Å². The Morgan fingerprint density at radius 3 is 2.38 bits per heavy atom. The fourth-order valence-corrected chi connectivity index (χ4v) is 1.80. The Bertz CT molecular complexity index is 300. The maximum absolute atomic E-state index is 11.9.